The highest BCUT2D eigenvalue weighted by molar-refractivity contribution is 5.94. The Kier molecular flexibility index (Phi) is 6.70. The minimum absolute atomic E-state index is 0.00521. The van der Waals surface area contributed by atoms with E-state index in [1.54, 1.807) is 0 Å². The van der Waals surface area contributed by atoms with E-state index in [4.69, 9.17) is 4.74 Å². The molecule has 5 nitrogen and oxygen atoms in total. The molecule has 0 spiro atoms. The zero-order chi connectivity index (χ0) is 20.1. The number of amides is 1. The van der Waals surface area contributed by atoms with Crippen molar-refractivity contribution in [1.82, 2.24) is 5.32 Å². The standard InChI is InChI=1S/C23H31N3O2/c1-17-13-18(2)15-20(14-17)23(27)24-16-22(26-9-11-28-12-10-26)19-5-7-21(8-6-19)25(3)4/h5-8,13-15,22H,9-12,16H2,1-4H3,(H,24,27)/p+1/t22-/m0/s1. The van der Waals surface area contributed by atoms with Gasteiger partial charge in [0.2, 0.25) is 0 Å². The molecule has 1 saturated heterocycles. The number of ether oxygens (including phenoxy) is 1. The second kappa shape index (κ2) is 9.22. The molecule has 2 N–H and O–H groups in total. The van der Waals surface area contributed by atoms with Gasteiger partial charge in [-0.3, -0.25) is 4.79 Å². The van der Waals surface area contributed by atoms with Gasteiger partial charge in [-0.25, -0.2) is 0 Å². The molecular weight excluding hydrogens is 350 g/mol. The minimum Gasteiger partial charge on any atom is -0.378 e. The van der Waals surface area contributed by atoms with Crippen LogP contribution in [0.1, 0.15) is 33.1 Å². The van der Waals surface area contributed by atoms with E-state index in [1.165, 1.54) is 16.2 Å². The van der Waals surface area contributed by atoms with Gasteiger partial charge in [0, 0.05) is 30.9 Å². The van der Waals surface area contributed by atoms with E-state index in [1.807, 2.05) is 40.1 Å². The molecule has 28 heavy (non-hydrogen) atoms. The van der Waals surface area contributed by atoms with Crippen LogP contribution in [-0.2, 0) is 4.74 Å². The van der Waals surface area contributed by atoms with E-state index in [0.29, 0.717) is 6.54 Å². The van der Waals surface area contributed by atoms with Gasteiger partial charge in [0.25, 0.3) is 5.91 Å². The topological polar surface area (TPSA) is 46.0 Å². The third-order valence-electron chi connectivity index (χ3n) is 5.39. The number of aryl methyl sites for hydroxylation is 2. The predicted molar refractivity (Wildman–Crippen MR) is 113 cm³/mol. The molecule has 0 bridgehead atoms. The van der Waals surface area contributed by atoms with Crippen LogP contribution in [0.5, 0.6) is 0 Å². The lowest BCUT2D eigenvalue weighted by molar-refractivity contribution is -0.937. The zero-order valence-electron chi connectivity index (χ0n) is 17.4. The van der Waals surface area contributed by atoms with E-state index < -0.39 is 0 Å². The molecule has 1 fully saturated rings. The number of hydrogen-bond donors (Lipinski definition) is 2. The second-order valence-electron chi connectivity index (χ2n) is 7.90. The number of anilines is 1. The van der Waals surface area contributed by atoms with Gasteiger partial charge in [-0.05, 0) is 38.1 Å². The first-order chi connectivity index (χ1) is 13.4. The van der Waals surface area contributed by atoms with Crippen molar-refractivity contribution in [2.45, 2.75) is 19.9 Å². The van der Waals surface area contributed by atoms with Gasteiger partial charge < -0.3 is 19.9 Å². The minimum atomic E-state index is -0.00521. The molecule has 5 heteroatoms. The third-order valence-corrected chi connectivity index (χ3v) is 5.39. The highest BCUT2D eigenvalue weighted by atomic mass is 16.5. The summed E-state index contributed by atoms with van der Waals surface area (Å²) in [6.45, 7) is 8.12. The lowest BCUT2D eigenvalue weighted by Crippen LogP contribution is -3.15. The molecule has 1 atom stereocenters. The molecule has 150 valence electrons. The number of carbonyl (C=O) groups excluding carboxylic acids is 1. The van der Waals surface area contributed by atoms with E-state index in [9.17, 15) is 4.79 Å². The van der Waals surface area contributed by atoms with Crippen LogP contribution in [0.4, 0.5) is 5.69 Å². The largest absolute Gasteiger partial charge is 0.378 e. The van der Waals surface area contributed by atoms with E-state index in [-0.39, 0.29) is 11.9 Å². The maximum atomic E-state index is 12.8. The van der Waals surface area contributed by atoms with Crippen LogP contribution >= 0.6 is 0 Å². The SMILES string of the molecule is Cc1cc(C)cc(C(=O)NC[C@@H](c2ccc(N(C)C)cc2)[NH+]2CCOCC2)c1. The summed E-state index contributed by atoms with van der Waals surface area (Å²) in [5, 5.41) is 3.18. The molecule has 3 rings (SSSR count). The van der Waals surface area contributed by atoms with Crippen LogP contribution in [0, 0.1) is 13.8 Å². The maximum Gasteiger partial charge on any atom is 0.251 e. The summed E-state index contributed by atoms with van der Waals surface area (Å²) in [6, 6.07) is 14.9. The number of benzene rings is 2. The van der Waals surface area contributed by atoms with Gasteiger partial charge in [0.1, 0.15) is 19.1 Å². The quantitative estimate of drug-likeness (QED) is 0.800. The third kappa shape index (κ3) is 5.12. The molecule has 0 aliphatic carbocycles. The van der Waals surface area contributed by atoms with E-state index >= 15 is 0 Å². The van der Waals surface area contributed by atoms with Crippen molar-refractivity contribution < 1.29 is 14.4 Å². The van der Waals surface area contributed by atoms with Crippen molar-refractivity contribution in [1.29, 1.82) is 0 Å². The average Bonchev–Trinajstić information content (AvgIpc) is 2.68. The summed E-state index contributed by atoms with van der Waals surface area (Å²) in [6.07, 6.45) is 0. The van der Waals surface area contributed by atoms with Gasteiger partial charge in [-0.1, -0.05) is 29.3 Å². The molecule has 1 heterocycles. The Morgan fingerprint density at radius 3 is 2.25 bits per heavy atom. The molecule has 2 aromatic rings. The Balaban J connectivity index is 1.76. The maximum absolute atomic E-state index is 12.8. The Bertz CT molecular complexity index is 776. The Hall–Kier alpha value is -2.37. The van der Waals surface area contributed by atoms with Crippen LogP contribution in [-0.4, -0.2) is 52.9 Å². The van der Waals surface area contributed by atoms with Crippen LogP contribution in [0.25, 0.3) is 0 Å². The van der Waals surface area contributed by atoms with Crippen molar-refractivity contribution >= 4 is 11.6 Å². The van der Waals surface area contributed by atoms with Gasteiger partial charge >= 0.3 is 0 Å². The number of carbonyl (C=O) groups is 1. The predicted octanol–water partition coefficient (Wildman–Crippen LogP) is 1.76. The fourth-order valence-electron chi connectivity index (χ4n) is 3.89. The molecule has 0 unspecified atom stereocenters. The van der Waals surface area contributed by atoms with Gasteiger partial charge in [-0.15, -0.1) is 0 Å². The first-order valence-electron chi connectivity index (χ1n) is 10.00. The van der Waals surface area contributed by atoms with E-state index in [2.05, 4.69) is 40.5 Å². The summed E-state index contributed by atoms with van der Waals surface area (Å²) in [7, 11) is 4.09. The van der Waals surface area contributed by atoms with Crippen molar-refractivity contribution in [3.05, 3.63) is 64.7 Å². The fraction of sp³-hybridized carbons (Fsp3) is 0.435. The molecule has 0 radical (unpaired) electrons. The fourth-order valence-corrected chi connectivity index (χ4v) is 3.89. The molecule has 1 aliphatic heterocycles. The van der Waals surface area contributed by atoms with E-state index in [0.717, 1.165) is 43.0 Å². The molecule has 0 saturated carbocycles. The number of rotatable bonds is 6. The Labute approximate surface area is 168 Å². The lowest BCUT2D eigenvalue weighted by Gasteiger charge is -2.32. The molecule has 1 aliphatic rings. The monoisotopic (exact) mass is 382 g/mol. The zero-order valence-corrected chi connectivity index (χ0v) is 17.4. The number of nitrogens with zero attached hydrogens (tertiary/aromatic N) is 1. The number of quaternary nitrogens is 1. The number of hydrogen-bond acceptors (Lipinski definition) is 3. The molecular formula is C23H32N3O2+. The molecule has 2 aromatic carbocycles. The number of morpholine rings is 1. The lowest BCUT2D eigenvalue weighted by atomic mass is 10.0. The smallest absolute Gasteiger partial charge is 0.251 e. The Morgan fingerprint density at radius 2 is 1.68 bits per heavy atom. The first-order valence-corrected chi connectivity index (χ1v) is 10.00. The summed E-state index contributed by atoms with van der Waals surface area (Å²) in [5.74, 6) is -0.00521. The van der Waals surface area contributed by atoms with Crippen LogP contribution < -0.4 is 15.1 Å². The number of nitrogens with one attached hydrogen (secondary N) is 2. The Morgan fingerprint density at radius 1 is 1.07 bits per heavy atom. The van der Waals surface area contributed by atoms with Crippen molar-refractivity contribution in [2.75, 3.05) is 51.8 Å². The highest BCUT2D eigenvalue weighted by Crippen LogP contribution is 2.17. The van der Waals surface area contributed by atoms with Crippen LogP contribution in [0.2, 0.25) is 0 Å². The molecule has 1 amide bonds. The van der Waals surface area contributed by atoms with Crippen LogP contribution in [0.15, 0.2) is 42.5 Å². The first kappa shape index (κ1) is 20.4. The summed E-state index contributed by atoms with van der Waals surface area (Å²) in [4.78, 5) is 16.3. The molecule has 0 aromatic heterocycles. The van der Waals surface area contributed by atoms with Crippen molar-refractivity contribution in [3.8, 4) is 0 Å². The van der Waals surface area contributed by atoms with Crippen molar-refractivity contribution in [3.63, 3.8) is 0 Å². The van der Waals surface area contributed by atoms with Gasteiger partial charge in [-0.2, -0.15) is 0 Å². The summed E-state index contributed by atoms with van der Waals surface area (Å²) >= 11 is 0. The highest BCUT2D eigenvalue weighted by Gasteiger charge is 2.27. The second-order valence-corrected chi connectivity index (χ2v) is 7.90. The normalized spacial score (nSPS) is 15.9. The summed E-state index contributed by atoms with van der Waals surface area (Å²) in [5.41, 5.74) is 5.39. The van der Waals surface area contributed by atoms with Crippen LogP contribution in [0.3, 0.4) is 0 Å². The van der Waals surface area contributed by atoms with Gasteiger partial charge in [0.05, 0.1) is 19.8 Å². The average molecular weight is 383 g/mol. The summed E-state index contributed by atoms with van der Waals surface area (Å²) < 4.78 is 5.54. The van der Waals surface area contributed by atoms with Crippen molar-refractivity contribution in [2.24, 2.45) is 0 Å². The van der Waals surface area contributed by atoms with Gasteiger partial charge in [0.15, 0.2) is 0 Å².